The average molecular weight is 525 g/mol. The van der Waals surface area contributed by atoms with Crippen molar-refractivity contribution in [1.82, 2.24) is 19.7 Å². The van der Waals surface area contributed by atoms with Gasteiger partial charge >= 0.3 is 0 Å². The molecule has 0 saturated heterocycles. The molecule has 0 spiro atoms. The summed E-state index contributed by atoms with van der Waals surface area (Å²) >= 11 is 5.98. The molecule has 3 unspecified atom stereocenters. The summed E-state index contributed by atoms with van der Waals surface area (Å²) < 4.78 is 20.9. The van der Waals surface area contributed by atoms with E-state index in [0.29, 0.717) is 44.7 Å². The van der Waals surface area contributed by atoms with Crippen LogP contribution in [-0.4, -0.2) is 62.0 Å². The van der Waals surface area contributed by atoms with Gasteiger partial charge in [-0.1, -0.05) is 30.5 Å². The molecule has 3 atom stereocenters. The summed E-state index contributed by atoms with van der Waals surface area (Å²) in [5.74, 6) is 1.57. The Balaban J connectivity index is 1.51. The van der Waals surface area contributed by atoms with Crippen LogP contribution in [0.4, 0.5) is 5.82 Å². The number of methoxy groups -OCH3 is 1. The minimum Gasteiger partial charge on any atom is -0.497 e. The van der Waals surface area contributed by atoms with Crippen molar-refractivity contribution in [2.24, 2.45) is 4.99 Å². The second-order valence-electron chi connectivity index (χ2n) is 9.18. The lowest BCUT2D eigenvalue weighted by Gasteiger charge is -2.36. The van der Waals surface area contributed by atoms with E-state index in [2.05, 4.69) is 9.88 Å². The van der Waals surface area contributed by atoms with Crippen LogP contribution < -0.4 is 9.64 Å². The van der Waals surface area contributed by atoms with Gasteiger partial charge < -0.3 is 4.74 Å². The van der Waals surface area contributed by atoms with E-state index >= 15 is 0 Å². The van der Waals surface area contributed by atoms with Gasteiger partial charge in [0.05, 0.1) is 25.7 Å². The zero-order valence-electron chi connectivity index (χ0n) is 19.9. The van der Waals surface area contributed by atoms with Gasteiger partial charge in [0.25, 0.3) is 5.91 Å². The summed E-state index contributed by atoms with van der Waals surface area (Å²) in [6, 6.07) is 10.9. The largest absolute Gasteiger partial charge is 0.497 e. The molecule has 36 heavy (non-hydrogen) atoms. The summed E-state index contributed by atoms with van der Waals surface area (Å²) in [4.78, 5) is 27.0. The maximum Gasteiger partial charge on any atom is 0.267 e. The number of carbonyl (C=O) groups excluding carboxylic acids is 1. The zero-order valence-corrected chi connectivity index (χ0v) is 21.5. The second-order valence-corrected chi connectivity index (χ2v) is 11.0. The fourth-order valence-corrected chi connectivity index (χ4v) is 6.61. The van der Waals surface area contributed by atoms with Gasteiger partial charge in [0.1, 0.15) is 32.3 Å². The maximum atomic E-state index is 14.0. The normalized spacial score (nSPS) is 21.5. The third-order valence-corrected chi connectivity index (χ3v) is 8.72. The molecule has 2 aliphatic heterocycles. The van der Waals surface area contributed by atoms with Crippen LogP contribution in [0.2, 0.25) is 5.15 Å². The van der Waals surface area contributed by atoms with Crippen molar-refractivity contribution in [3.8, 4) is 5.75 Å². The maximum absolute atomic E-state index is 14.0. The Hall–Kier alpha value is -3.24. The van der Waals surface area contributed by atoms with Crippen molar-refractivity contribution in [3.05, 3.63) is 58.9 Å². The van der Waals surface area contributed by atoms with E-state index in [4.69, 9.17) is 26.4 Å². The van der Waals surface area contributed by atoms with Gasteiger partial charge in [-0.25, -0.2) is 18.9 Å². The van der Waals surface area contributed by atoms with Crippen LogP contribution in [0.5, 0.6) is 5.75 Å². The number of hydrogen-bond donors (Lipinski definition) is 0. The third kappa shape index (κ3) is 3.70. The molecule has 186 valence electrons. The molecule has 0 bridgehead atoms. The Morgan fingerprint density at radius 3 is 2.64 bits per heavy atom. The molecule has 4 heterocycles. The Bertz CT molecular complexity index is 1390. The van der Waals surface area contributed by atoms with Gasteiger partial charge in [-0.15, -0.1) is 0 Å². The molecule has 2 aromatic heterocycles. The summed E-state index contributed by atoms with van der Waals surface area (Å²) in [5.41, 5.74) is 1.19. The molecule has 0 N–H and O–H groups in total. The van der Waals surface area contributed by atoms with E-state index in [0.717, 1.165) is 31.2 Å². The van der Waals surface area contributed by atoms with E-state index in [9.17, 15) is 9.00 Å². The molecule has 1 aromatic carbocycles. The first-order chi connectivity index (χ1) is 17.5. The van der Waals surface area contributed by atoms with Crippen molar-refractivity contribution in [2.45, 2.75) is 54.2 Å². The summed E-state index contributed by atoms with van der Waals surface area (Å²) in [6.45, 7) is 0.291. The first-order valence-corrected chi connectivity index (χ1v) is 13.4. The van der Waals surface area contributed by atoms with Crippen LogP contribution in [0, 0.1) is 0 Å². The van der Waals surface area contributed by atoms with E-state index in [-0.39, 0.29) is 18.0 Å². The highest BCUT2D eigenvalue weighted by atomic mass is 35.5. The number of rotatable bonds is 5. The smallest absolute Gasteiger partial charge is 0.267 e. The molecule has 1 saturated carbocycles. The number of anilines is 1. The van der Waals surface area contributed by atoms with Crippen LogP contribution in [0.15, 0.2) is 57.5 Å². The van der Waals surface area contributed by atoms with Crippen LogP contribution in [0.25, 0.3) is 0 Å². The van der Waals surface area contributed by atoms with Gasteiger partial charge in [-0.2, -0.15) is 5.10 Å². The summed E-state index contributed by atoms with van der Waals surface area (Å²) in [7, 11) is 1.64. The van der Waals surface area contributed by atoms with E-state index in [1.807, 2.05) is 6.07 Å². The fourth-order valence-electron chi connectivity index (χ4n) is 5.23. The van der Waals surface area contributed by atoms with Crippen LogP contribution in [0.1, 0.15) is 41.6 Å². The molecule has 11 heteroatoms. The van der Waals surface area contributed by atoms with E-state index in [1.54, 1.807) is 60.3 Å². The Morgan fingerprint density at radius 2 is 1.92 bits per heavy atom. The van der Waals surface area contributed by atoms with Crippen LogP contribution in [-0.2, 0) is 17.3 Å². The van der Waals surface area contributed by atoms with Gasteiger partial charge in [-0.3, -0.25) is 14.6 Å². The first-order valence-electron chi connectivity index (χ1n) is 11.9. The number of amides is 1. The average Bonchev–Trinajstić information content (AvgIpc) is 3.47. The lowest BCUT2D eigenvalue weighted by molar-refractivity contribution is 0.0861. The Kier molecular flexibility index (Phi) is 5.80. The predicted octanol–water partition coefficient (Wildman–Crippen LogP) is 3.73. The topological polar surface area (TPSA) is 92.9 Å². The summed E-state index contributed by atoms with van der Waals surface area (Å²) in [5, 5.41) is 5.65. The number of aliphatic imine (C=N–C) groups is 1. The quantitative estimate of drug-likeness (QED) is 0.472. The molecular formula is C25H25ClN6O3S. The highest BCUT2D eigenvalue weighted by Crippen LogP contribution is 2.41. The molecule has 9 nitrogen and oxygen atoms in total. The van der Waals surface area contributed by atoms with Crippen molar-refractivity contribution >= 4 is 40.1 Å². The number of carbonyl (C=O) groups is 1. The molecule has 6 rings (SSSR count). The molecule has 1 amide bonds. The lowest BCUT2D eigenvalue weighted by atomic mass is 9.90. The van der Waals surface area contributed by atoms with E-state index in [1.165, 1.54) is 0 Å². The minimum atomic E-state index is -1.67. The second kappa shape index (κ2) is 9.01. The fraction of sp³-hybridized carbons (Fsp3) is 0.360. The van der Waals surface area contributed by atoms with Crippen molar-refractivity contribution < 1.29 is 13.7 Å². The molecule has 3 aromatic rings. The van der Waals surface area contributed by atoms with Gasteiger partial charge in [0.15, 0.2) is 5.82 Å². The number of pyridine rings is 1. The SMILES string of the molecule is COc1ccc(S(=O)c2c3c(nn2Cc2ccc(Cl)nc2)N2C(=NC4CCCCC42)N(C)C3=O)cc1. The zero-order chi connectivity index (χ0) is 25.0. The monoisotopic (exact) mass is 524 g/mol. The number of hydrogen-bond acceptors (Lipinski definition) is 7. The number of ether oxygens (including phenoxy) is 1. The Morgan fingerprint density at radius 1 is 1.14 bits per heavy atom. The highest BCUT2D eigenvalue weighted by Gasteiger charge is 2.49. The molecule has 0 radical (unpaired) electrons. The minimum absolute atomic E-state index is 0.135. The van der Waals surface area contributed by atoms with Crippen molar-refractivity contribution in [1.29, 1.82) is 0 Å². The number of guanidine groups is 1. The number of nitrogens with zero attached hydrogens (tertiary/aromatic N) is 6. The van der Waals surface area contributed by atoms with Crippen molar-refractivity contribution in [2.75, 3.05) is 19.1 Å². The van der Waals surface area contributed by atoms with Gasteiger partial charge in [-0.05, 0) is 48.7 Å². The standard InChI is InChI=1S/C25H25ClN6O3S/c1-30-23(33)21-22(32-19-6-4-3-5-18(19)28-25(30)32)29-31(14-15-7-12-20(26)27-13-15)24(21)36(34)17-10-8-16(35-2)9-11-17/h7-13,18-19H,3-6,14H2,1-2H3. The van der Waals surface area contributed by atoms with Crippen LogP contribution in [0.3, 0.4) is 0 Å². The van der Waals surface area contributed by atoms with Gasteiger partial charge in [0.2, 0.25) is 5.96 Å². The summed E-state index contributed by atoms with van der Waals surface area (Å²) in [6.07, 6.45) is 5.86. The first kappa shape index (κ1) is 23.2. The van der Waals surface area contributed by atoms with Crippen molar-refractivity contribution in [3.63, 3.8) is 0 Å². The lowest BCUT2D eigenvalue weighted by Crippen LogP contribution is -2.52. The molecular weight excluding hydrogens is 500 g/mol. The molecule has 1 aliphatic carbocycles. The molecule has 3 aliphatic rings. The van der Waals surface area contributed by atoms with Gasteiger partial charge in [0, 0.05) is 18.1 Å². The number of fused-ring (bicyclic) bond motifs is 5. The number of halogens is 1. The highest BCUT2D eigenvalue weighted by molar-refractivity contribution is 7.85. The van der Waals surface area contributed by atoms with E-state index < -0.39 is 10.8 Å². The third-order valence-electron chi connectivity index (χ3n) is 7.03. The predicted molar refractivity (Wildman–Crippen MR) is 136 cm³/mol. The molecule has 1 fully saturated rings. The Labute approximate surface area is 216 Å². The number of aromatic nitrogens is 3. The number of benzene rings is 1. The van der Waals surface area contributed by atoms with Crippen LogP contribution >= 0.6 is 11.6 Å².